The molecular weight excluding hydrogens is 592 g/mol. The number of amides is 3. The van der Waals surface area contributed by atoms with E-state index in [-0.39, 0.29) is 24.2 Å². The van der Waals surface area contributed by atoms with E-state index in [1.807, 2.05) is 20.8 Å². The van der Waals surface area contributed by atoms with Crippen molar-refractivity contribution in [2.75, 3.05) is 26.2 Å². The first-order valence-electron chi connectivity index (χ1n) is 14.3. The Kier molecular flexibility index (Phi) is 16.8. The number of nitriles is 2. The van der Waals surface area contributed by atoms with Crippen LogP contribution in [0.3, 0.4) is 0 Å². The first-order valence-corrected chi connectivity index (χ1v) is 14.3. The molecule has 3 amide bonds. The van der Waals surface area contributed by atoms with E-state index in [9.17, 15) is 19.2 Å². The fourth-order valence-electron chi connectivity index (χ4n) is 3.45. The van der Waals surface area contributed by atoms with Gasteiger partial charge in [-0.25, -0.2) is 14.4 Å². The molecule has 0 spiro atoms. The molecule has 0 saturated carbocycles. The summed E-state index contributed by atoms with van der Waals surface area (Å²) < 4.78 is 10.2. The van der Waals surface area contributed by atoms with Crippen molar-refractivity contribution in [2.24, 2.45) is 22.7 Å². The fraction of sp³-hybridized carbons (Fsp3) is 0.800. The highest BCUT2D eigenvalue weighted by molar-refractivity contribution is 5.87. The largest absolute Gasteiger partial charge is 0.480 e. The number of likely N-dealkylation sites (tertiary alicyclic amines) is 1. The number of hydrogen-bond acceptors (Lipinski definition) is 9. The number of rotatable bonds is 4. The van der Waals surface area contributed by atoms with Gasteiger partial charge in [-0.1, -0.05) is 41.5 Å². The highest BCUT2D eigenvalue weighted by atomic mass is 35.5. The Balaban J connectivity index is 0. The molecule has 14 heteroatoms. The van der Waals surface area contributed by atoms with Gasteiger partial charge in [-0.15, -0.1) is 12.4 Å². The standard InChI is InChI=1S/C15H25N3O3.C11H21NO4.C4H6N2.ClH/c1-14(2,3)11(17-13(20)21-15(4,5)6)12(19)18-8-10(7-16)9-18;1-10(2,3)7(8(13)14)12-9(15)16-11(4,5)6;5-1-4-2-6-3-4;/h10-11H,8-9H2,1-6H3,(H,17,20);7H,1-6H3,(H,12,15)(H,13,14);4,6H,2-3H2;1H/t11-;7-;;/m00../s1. The van der Waals surface area contributed by atoms with Crippen molar-refractivity contribution in [3.63, 3.8) is 0 Å². The minimum absolute atomic E-state index is 0. The van der Waals surface area contributed by atoms with Crippen LogP contribution in [0.4, 0.5) is 9.59 Å². The van der Waals surface area contributed by atoms with Gasteiger partial charge >= 0.3 is 18.2 Å². The molecule has 2 saturated heterocycles. The summed E-state index contributed by atoms with van der Waals surface area (Å²) >= 11 is 0. The lowest BCUT2D eigenvalue weighted by molar-refractivity contribution is -0.142. The Labute approximate surface area is 268 Å². The maximum Gasteiger partial charge on any atom is 0.408 e. The van der Waals surface area contributed by atoms with Gasteiger partial charge in [-0.05, 0) is 52.4 Å². The van der Waals surface area contributed by atoms with Gasteiger partial charge in [0.1, 0.15) is 23.3 Å². The maximum absolute atomic E-state index is 12.5. The number of carbonyl (C=O) groups excluding carboxylic acids is 3. The Morgan fingerprint density at radius 1 is 0.750 bits per heavy atom. The van der Waals surface area contributed by atoms with Crippen LogP contribution in [0.1, 0.15) is 83.1 Å². The average molecular weight is 645 g/mol. The molecule has 0 radical (unpaired) electrons. The second-order valence-electron chi connectivity index (χ2n) is 14.8. The third-order valence-electron chi connectivity index (χ3n) is 5.89. The van der Waals surface area contributed by atoms with Crippen LogP contribution in [0, 0.1) is 45.3 Å². The van der Waals surface area contributed by atoms with Crippen LogP contribution >= 0.6 is 12.4 Å². The molecule has 0 bridgehead atoms. The summed E-state index contributed by atoms with van der Waals surface area (Å²) in [4.78, 5) is 48.4. The van der Waals surface area contributed by atoms with E-state index in [4.69, 9.17) is 25.1 Å². The Hall–Kier alpha value is -3.29. The fourth-order valence-corrected chi connectivity index (χ4v) is 3.45. The molecule has 2 atom stereocenters. The molecule has 0 unspecified atom stereocenters. The van der Waals surface area contributed by atoms with Crippen LogP contribution in [-0.4, -0.2) is 83.5 Å². The highest BCUT2D eigenvalue weighted by Crippen LogP contribution is 2.25. The molecule has 0 aliphatic carbocycles. The van der Waals surface area contributed by atoms with E-state index in [0.717, 1.165) is 13.1 Å². The molecule has 0 aromatic rings. The molecule has 0 aromatic heterocycles. The van der Waals surface area contributed by atoms with E-state index >= 15 is 0 Å². The van der Waals surface area contributed by atoms with Crippen molar-refractivity contribution in [1.82, 2.24) is 20.9 Å². The van der Waals surface area contributed by atoms with Crippen LogP contribution in [-0.2, 0) is 19.1 Å². The predicted molar refractivity (Wildman–Crippen MR) is 168 cm³/mol. The summed E-state index contributed by atoms with van der Waals surface area (Å²) in [6.45, 7) is 24.0. The Morgan fingerprint density at radius 2 is 1.11 bits per heavy atom. The molecule has 2 rings (SSSR count). The summed E-state index contributed by atoms with van der Waals surface area (Å²) in [5.41, 5.74) is -2.25. The number of hydrogen-bond donors (Lipinski definition) is 4. The predicted octanol–water partition coefficient (Wildman–Crippen LogP) is 4.07. The minimum Gasteiger partial charge on any atom is -0.480 e. The summed E-state index contributed by atoms with van der Waals surface area (Å²) in [6.07, 6.45) is -1.32. The first-order chi connectivity index (χ1) is 19.3. The molecule has 2 aliphatic heterocycles. The zero-order valence-corrected chi connectivity index (χ0v) is 29.1. The van der Waals surface area contributed by atoms with Gasteiger partial charge in [-0.2, -0.15) is 10.5 Å². The van der Waals surface area contributed by atoms with Crippen LogP contribution in [0.15, 0.2) is 0 Å². The van der Waals surface area contributed by atoms with Gasteiger partial charge in [-0.3, -0.25) is 4.79 Å². The molecule has 4 N–H and O–H groups in total. The van der Waals surface area contributed by atoms with Crippen molar-refractivity contribution < 1.29 is 33.8 Å². The average Bonchev–Trinajstić information content (AvgIpc) is 2.71. The van der Waals surface area contributed by atoms with Gasteiger partial charge in [0.2, 0.25) is 5.91 Å². The topological polar surface area (TPSA) is 194 Å². The number of alkyl carbamates (subject to hydrolysis) is 2. The van der Waals surface area contributed by atoms with Crippen LogP contribution in [0.5, 0.6) is 0 Å². The third kappa shape index (κ3) is 17.1. The number of nitrogens with zero attached hydrogens (tertiary/aromatic N) is 3. The molecule has 2 heterocycles. The molecule has 2 fully saturated rings. The number of halogens is 1. The lowest BCUT2D eigenvalue weighted by Crippen LogP contribution is -2.60. The van der Waals surface area contributed by atoms with Crippen molar-refractivity contribution in [3.05, 3.63) is 0 Å². The summed E-state index contributed by atoms with van der Waals surface area (Å²) in [5, 5.41) is 33.9. The first kappa shape index (κ1) is 42.8. The zero-order valence-electron chi connectivity index (χ0n) is 28.3. The van der Waals surface area contributed by atoms with Crippen molar-refractivity contribution in [2.45, 2.75) is 106 Å². The normalized spacial score (nSPS) is 16.5. The van der Waals surface area contributed by atoms with Gasteiger partial charge < -0.3 is 35.4 Å². The van der Waals surface area contributed by atoms with Gasteiger partial charge in [0.25, 0.3) is 0 Å². The number of nitrogens with one attached hydrogen (secondary N) is 3. The summed E-state index contributed by atoms with van der Waals surface area (Å²) in [7, 11) is 0. The number of carboxylic acids is 1. The summed E-state index contributed by atoms with van der Waals surface area (Å²) in [5.74, 6) is -1.03. The smallest absolute Gasteiger partial charge is 0.408 e. The van der Waals surface area contributed by atoms with Crippen LogP contribution < -0.4 is 16.0 Å². The Bertz CT molecular complexity index is 1050. The van der Waals surface area contributed by atoms with Crippen LogP contribution in [0.2, 0.25) is 0 Å². The quantitative estimate of drug-likeness (QED) is 0.346. The summed E-state index contributed by atoms with van der Waals surface area (Å²) in [6, 6.07) is 2.62. The highest BCUT2D eigenvalue weighted by Gasteiger charge is 2.41. The number of carboxylic acid groups (broad SMARTS) is 1. The Morgan fingerprint density at radius 3 is 1.34 bits per heavy atom. The van der Waals surface area contributed by atoms with Crippen molar-refractivity contribution in [1.29, 1.82) is 10.5 Å². The van der Waals surface area contributed by atoms with Gasteiger partial charge in [0.05, 0.1) is 24.0 Å². The minimum atomic E-state index is -1.07. The van der Waals surface area contributed by atoms with Gasteiger partial charge in [0.15, 0.2) is 0 Å². The molecule has 2 aliphatic rings. The number of carbonyl (C=O) groups is 4. The molecule has 252 valence electrons. The molecule has 13 nitrogen and oxygen atoms in total. The lowest BCUT2D eigenvalue weighted by Gasteiger charge is -2.41. The van der Waals surface area contributed by atoms with Crippen molar-refractivity contribution in [3.8, 4) is 12.1 Å². The second kappa shape index (κ2) is 17.3. The van der Waals surface area contributed by atoms with E-state index < -0.39 is 52.3 Å². The number of aliphatic carboxylic acids is 1. The van der Waals surface area contributed by atoms with Crippen molar-refractivity contribution >= 4 is 36.5 Å². The number of ether oxygens (including phenoxy) is 2. The van der Waals surface area contributed by atoms with Crippen LogP contribution in [0.25, 0.3) is 0 Å². The third-order valence-corrected chi connectivity index (χ3v) is 5.89. The van der Waals surface area contributed by atoms with E-state index in [1.165, 1.54) is 0 Å². The maximum atomic E-state index is 12.5. The lowest BCUT2D eigenvalue weighted by atomic mass is 9.84. The molecule has 0 aromatic carbocycles. The monoisotopic (exact) mass is 644 g/mol. The second-order valence-corrected chi connectivity index (χ2v) is 14.8. The van der Waals surface area contributed by atoms with Gasteiger partial charge in [0, 0.05) is 26.2 Å². The molecule has 44 heavy (non-hydrogen) atoms. The van der Waals surface area contributed by atoms with E-state index in [1.54, 1.807) is 67.2 Å². The molecular formula is C30H53ClN6O7. The zero-order chi connectivity index (χ0) is 34.0. The van der Waals surface area contributed by atoms with E-state index in [0.29, 0.717) is 19.0 Å². The van der Waals surface area contributed by atoms with E-state index in [2.05, 4.69) is 28.1 Å². The SMILES string of the molecule is CC(C)(C)OC(=O)N[C@@H](C(=O)N1CC(C#N)C1)C(C)(C)C.CC(C)(C)OC(=O)N[C@@H](C(=O)O)C(C)(C)C.Cl.N#CC1CNC1.